The van der Waals surface area contributed by atoms with Gasteiger partial charge in [0.2, 0.25) is 0 Å². The molecule has 7 heteroatoms. The maximum absolute atomic E-state index is 6.03. The predicted octanol–water partition coefficient (Wildman–Crippen LogP) is 2.23. The lowest BCUT2D eigenvalue weighted by atomic mass is 10.2. The van der Waals surface area contributed by atoms with Crippen LogP contribution in [-0.2, 0) is 0 Å². The molecule has 0 radical (unpaired) electrons. The molecule has 2 aromatic rings. The fourth-order valence-electron chi connectivity index (χ4n) is 3.75. The second kappa shape index (κ2) is 8.94. The smallest absolute Gasteiger partial charge is 0.193 e. The van der Waals surface area contributed by atoms with Gasteiger partial charge in [0.1, 0.15) is 18.5 Å². The van der Waals surface area contributed by atoms with Crippen molar-refractivity contribution < 1.29 is 14.2 Å². The lowest BCUT2D eigenvalue weighted by molar-refractivity contribution is 0.0930. The number of guanidine groups is 1. The Morgan fingerprint density at radius 2 is 1.79 bits per heavy atom. The van der Waals surface area contributed by atoms with Crippen LogP contribution >= 0.6 is 0 Å². The molecular formula is C22H28N4O3. The first-order valence-corrected chi connectivity index (χ1v) is 10.0. The van der Waals surface area contributed by atoms with Gasteiger partial charge in [0, 0.05) is 33.2 Å². The molecule has 4 rings (SSSR count). The Balaban J connectivity index is 1.30. The Kier molecular flexibility index (Phi) is 5.93. The van der Waals surface area contributed by atoms with Gasteiger partial charge in [-0.3, -0.25) is 4.99 Å². The van der Waals surface area contributed by atoms with E-state index in [1.54, 1.807) is 7.11 Å². The molecule has 1 atom stereocenters. The molecule has 1 N–H and O–H groups in total. The number of rotatable bonds is 4. The summed E-state index contributed by atoms with van der Waals surface area (Å²) in [7, 11) is 3.54. The van der Waals surface area contributed by atoms with Crippen LogP contribution in [0.1, 0.15) is 0 Å². The van der Waals surface area contributed by atoms with E-state index in [-0.39, 0.29) is 6.10 Å². The summed E-state index contributed by atoms with van der Waals surface area (Å²) in [6.07, 6.45) is -0.0449. The molecule has 2 aromatic carbocycles. The highest BCUT2D eigenvalue weighted by atomic mass is 16.6. The number of fused-ring (bicyclic) bond motifs is 1. The van der Waals surface area contributed by atoms with Crippen molar-refractivity contribution in [3.05, 3.63) is 48.5 Å². The molecule has 0 saturated carbocycles. The number of ether oxygens (including phenoxy) is 3. The number of anilines is 1. The number of hydrogen-bond acceptors (Lipinski definition) is 5. The van der Waals surface area contributed by atoms with Crippen LogP contribution in [-0.4, -0.2) is 70.5 Å². The standard InChI is InChI=1S/C22H28N4O3/c1-23-22(24-15-17-16-28-20-9-5-6-10-21(20)29-17)26-13-11-25(12-14-26)18-7-3-4-8-19(18)27-2/h3-10,17H,11-16H2,1-2H3,(H,23,24). The summed E-state index contributed by atoms with van der Waals surface area (Å²) in [6.45, 7) is 4.79. The number of aliphatic imine (C=N–C) groups is 1. The van der Waals surface area contributed by atoms with Crippen molar-refractivity contribution in [3.8, 4) is 17.2 Å². The van der Waals surface area contributed by atoms with Crippen molar-refractivity contribution in [2.45, 2.75) is 6.10 Å². The Labute approximate surface area is 171 Å². The maximum atomic E-state index is 6.03. The van der Waals surface area contributed by atoms with Crippen molar-refractivity contribution in [2.75, 3.05) is 58.4 Å². The van der Waals surface area contributed by atoms with E-state index in [4.69, 9.17) is 14.2 Å². The first-order valence-electron chi connectivity index (χ1n) is 10.0. The van der Waals surface area contributed by atoms with Gasteiger partial charge in [-0.1, -0.05) is 24.3 Å². The summed E-state index contributed by atoms with van der Waals surface area (Å²) in [5.74, 6) is 3.41. The highest BCUT2D eigenvalue weighted by Crippen LogP contribution is 2.31. The van der Waals surface area contributed by atoms with Gasteiger partial charge in [-0.15, -0.1) is 0 Å². The Bertz CT molecular complexity index is 849. The molecule has 1 unspecified atom stereocenters. The van der Waals surface area contributed by atoms with E-state index >= 15 is 0 Å². The Morgan fingerprint density at radius 3 is 2.55 bits per heavy atom. The Morgan fingerprint density at radius 1 is 1.07 bits per heavy atom. The minimum absolute atomic E-state index is 0.0449. The lowest BCUT2D eigenvalue weighted by Gasteiger charge is -2.38. The number of nitrogens with zero attached hydrogens (tertiary/aromatic N) is 3. The van der Waals surface area contributed by atoms with E-state index in [1.807, 2.05) is 43.4 Å². The number of piperazine rings is 1. The third kappa shape index (κ3) is 4.34. The van der Waals surface area contributed by atoms with Crippen LogP contribution in [0.5, 0.6) is 17.2 Å². The van der Waals surface area contributed by atoms with Crippen molar-refractivity contribution in [1.29, 1.82) is 0 Å². The van der Waals surface area contributed by atoms with Crippen molar-refractivity contribution in [1.82, 2.24) is 10.2 Å². The van der Waals surface area contributed by atoms with Gasteiger partial charge < -0.3 is 29.3 Å². The fraction of sp³-hybridized carbons (Fsp3) is 0.409. The highest BCUT2D eigenvalue weighted by Gasteiger charge is 2.24. The third-order valence-corrected chi connectivity index (χ3v) is 5.27. The Hall–Kier alpha value is -3.09. The minimum Gasteiger partial charge on any atom is -0.495 e. The summed E-state index contributed by atoms with van der Waals surface area (Å²) in [4.78, 5) is 9.10. The van der Waals surface area contributed by atoms with Crippen molar-refractivity contribution in [2.24, 2.45) is 4.99 Å². The minimum atomic E-state index is -0.0449. The third-order valence-electron chi connectivity index (χ3n) is 5.27. The summed E-state index contributed by atoms with van der Waals surface area (Å²) in [5, 5.41) is 3.44. The molecule has 29 heavy (non-hydrogen) atoms. The molecule has 2 aliphatic heterocycles. The first-order chi connectivity index (χ1) is 14.3. The number of nitrogens with one attached hydrogen (secondary N) is 1. The van der Waals surface area contributed by atoms with E-state index < -0.39 is 0 Å². The normalized spacial score (nSPS) is 19.1. The van der Waals surface area contributed by atoms with E-state index in [2.05, 4.69) is 32.2 Å². The molecule has 2 heterocycles. The van der Waals surface area contributed by atoms with Crippen LogP contribution in [0.3, 0.4) is 0 Å². The molecule has 0 aliphatic carbocycles. The van der Waals surface area contributed by atoms with E-state index in [0.29, 0.717) is 13.2 Å². The molecule has 7 nitrogen and oxygen atoms in total. The van der Waals surface area contributed by atoms with Gasteiger partial charge >= 0.3 is 0 Å². The van der Waals surface area contributed by atoms with Gasteiger partial charge in [0.15, 0.2) is 17.5 Å². The van der Waals surface area contributed by atoms with E-state index in [0.717, 1.165) is 55.1 Å². The quantitative estimate of drug-likeness (QED) is 0.632. The molecule has 0 aromatic heterocycles. The van der Waals surface area contributed by atoms with Gasteiger partial charge in [-0.25, -0.2) is 0 Å². The lowest BCUT2D eigenvalue weighted by Crippen LogP contribution is -2.54. The van der Waals surface area contributed by atoms with Crippen LogP contribution < -0.4 is 24.4 Å². The zero-order chi connectivity index (χ0) is 20.1. The first kappa shape index (κ1) is 19.2. The number of methoxy groups -OCH3 is 1. The maximum Gasteiger partial charge on any atom is 0.193 e. The van der Waals surface area contributed by atoms with E-state index in [1.165, 1.54) is 0 Å². The topological polar surface area (TPSA) is 58.6 Å². The monoisotopic (exact) mass is 396 g/mol. The molecule has 2 aliphatic rings. The second-order valence-electron chi connectivity index (χ2n) is 7.07. The molecule has 1 saturated heterocycles. The van der Waals surface area contributed by atoms with Gasteiger partial charge in [-0.05, 0) is 24.3 Å². The molecule has 154 valence electrons. The average Bonchev–Trinajstić information content (AvgIpc) is 2.80. The molecule has 0 amide bonds. The zero-order valence-electron chi connectivity index (χ0n) is 17.0. The van der Waals surface area contributed by atoms with Crippen molar-refractivity contribution in [3.63, 3.8) is 0 Å². The number of para-hydroxylation sites is 4. The second-order valence-corrected chi connectivity index (χ2v) is 7.07. The molecule has 0 bridgehead atoms. The largest absolute Gasteiger partial charge is 0.495 e. The predicted molar refractivity (Wildman–Crippen MR) is 114 cm³/mol. The van der Waals surface area contributed by atoms with Gasteiger partial charge in [-0.2, -0.15) is 0 Å². The zero-order valence-corrected chi connectivity index (χ0v) is 17.0. The van der Waals surface area contributed by atoms with Gasteiger partial charge in [0.25, 0.3) is 0 Å². The molecule has 0 spiro atoms. The summed E-state index contributed by atoms with van der Waals surface area (Å²) < 4.78 is 17.3. The highest BCUT2D eigenvalue weighted by molar-refractivity contribution is 5.80. The molecular weight excluding hydrogens is 368 g/mol. The van der Waals surface area contributed by atoms with Gasteiger partial charge in [0.05, 0.1) is 19.3 Å². The number of benzene rings is 2. The average molecular weight is 396 g/mol. The van der Waals surface area contributed by atoms with E-state index in [9.17, 15) is 0 Å². The summed E-state index contributed by atoms with van der Waals surface area (Å²) >= 11 is 0. The van der Waals surface area contributed by atoms with Crippen molar-refractivity contribution >= 4 is 11.6 Å². The summed E-state index contributed by atoms with van der Waals surface area (Å²) in [5.41, 5.74) is 1.14. The van der Waals surface area contributed by atoms with Crippen LogP contribution in [0.25, 0.3) is 0 Å². The number of hydrogen-bond donors (Lipinski definition) is 1. The SMILES string of the molecule is CN=C(NCC1COc2ccccc2O1)N1CCN(c2ccccc2OC)CC1. The fourth-order valence-corrected chi connectivity index (χ4v) is 3.75. The summed E-state index contributed by atoms with van der Waals surface area (Å²) in [6, 6.07) is 15.9. The van der Waals surface area contributed by atoms with Crippen LogP contribution in [0, 0.1) is 0 Å². The van der Waals surface area contributed by atoms with Crippen LogP contribution in [0.2, 0.25) is 0 Å². The molecule has 1 fully saturated rings. The van der Waals surface area contributed by atoms with Crippen LogP contribution in [0.4, 0.5) is 5.69 Å². The van der Waals surface area contributed by atoms with Crippen LogP contribution in [0.15, 0.2) is 53.5 Å².